The number of pyridine rings is 1. The van der Waals surface area contributed by atoms with Crippen molar-refractivity contribution in [1.29, 1.82) is 0 Å². The summed E-state index contributed by atoms with van der Waals surface area (Å²) >= 11 is 0. The number of nitrogens with zero attached hydrogens (tertiary/aromatic N) is 1. The van der Waals surface area contributed by atoms with Crippen LogP contribution in [0, 0.1) is 0 Å². The van der Waals surface area contributed by atoms with Crippen LogP contribution in [0.3, 0.4) is 0 Å². The largest absolute Gasteiger partial charge is 0.465 e. The van der Waals surface area contributed by atoms with Crippen LogP contribution in [0.15, 0.2) is 72.9 Å². The molecule has 5 nitrogen and oxygen atoms in total. The fourth-order valence-corrected chi connectivity index (χ4v) is 4.16. The Hall–Kier alpha value is -4.40. The topological polar surface area (TPSA) is 57.7 Å². The zero-order valence-corrected chi connectivity index (χ0v) is 21.3. The Kier molecular flexibility index (Phi) is 8.49. The SMILES string of the molecule is COC(=O)/C(=C\c1ccc(OC(F)F)c(OC(F)F)c1)c1cccc(-c2cc(C(C)C)cc3cccnc23)c1. The van der Waals surface area contributed by atoms with Gasteiger partial charge in [-0.2, -0.15) is 17.6 Å². The van der Waals surface area contributed by atoms with Crippen molar-refractivity contribution >= 4 is 28.5 Å². The summed E-state index contributed by atoms with van der Waals surface area (Å²) in [4.78, 5) is 17.4. The van der Waals surface area contributed by atoms with E-state index in [0.717, 1.165) is 39.7 Å². The van der Waals surface area contributed by atoms with Crippen molar-refractivity contribution in [3.8, 4) is 22.6 Å². The van der Waals surface area contributed by atoms with Crippen LogP contribution in [0.2, 0.25) is 0 Å². The molecule has 0 unspecified atom stereocenters. The molecule has 4 rings (SSSR count). The number of halogens is 4. The predicted molar refractivity (Wildman–Crippen MR) is 141 cm³/mol. The van der Waals surface area contributed by atoms with Gasteiger partial charge in [-0.1, -0.05) is 44.2 Å². The number of carbonyl (C=O) groups excluding carboxylic acids is 1. The number of esters is 1. The van der Waals surface area contributed by atoms with Gasteiger partial charge >= 0.3 is 19.2 Å². The highest BCUT2D eigenvalue weighted by molar-refractivity contribution is 6.21. The minimum Gasteiger partial charge on any atom is -0.465 e. The molecule has 0 aliphatic heterocycles. The van der Waals surface area contributed by atoms with E-state index in [1.165, 1.54) is 19.3 Å². The highest BCUT2D eigenvalue weighted by Gasteiger charge is 2.18. The molecule has 202 valence electrons. The second kappa shape index (κ2) is 12.0. The van der Waals surface area contributed by atoms with Gasteiger partial charge in [0.05, 0.1) is 18.2 Å². The van der Waals surface area contributed by atoms with Crippen LogP contribution in [0.25, 0.3) is 33.7 Å². The molecule has 3 aromatic carbocycles. The number of benzene rings is 3. The van der Waals surface area contributed by atoms with Gasteiger partial charge in [-0.3, -0.25) is 4.98 Å². The van der Waals surface area contributed by atoms with Crippen molar-refractivity contribution in [2.75, 3.05) is 7.11 Å². The maximum atomic E-state index is 12.9. The van der Waals surface area contributed by atoms with Crippen molar-refractivity contribution in [2.24, 2.45) is 0 Å². The summed E-state index contributed by atoms with van der Waals surface area (Å²) in [7, 11) is 1.22. The molecule has 1 heterocycles. The Bertz CT molecular complexity index is 1520. The Labute approximate surface area is 222 Å². The minimum absolute atomic E-state index is 0.113. The monoisotopic (exact) mass is 539 g/mol. The van der Waals surface area contributed by atoms with Gasteiger partial charge in [0.15, 0.2) is 11.5 Å². The van der Waals surface area contributed by atoms with Crippen molar-refractivity contribution in [1.82, 2.24) is 4.98 Å². The summed E-state index contributed by atoms with van der Waals surface area (Å²) in [5.74, 6) is -1.58. The quantitative estimate of drug-likeness (QED) is 0.0935. The normalized spacial score (nSPS) is 11.9. The minimum atomic E-state index is -3.27. The number of rotatable bonds is 9. The molecule has 0 saturated carbocycles. The average molecular weight is 540 g/mol. The van der Waals surface area contributed by atoms with E-state index in [1.807, 2.05) is 18.2 Å². The van der Waals surface area contributed by atoms with Gasteiger partial charge in [0, 0.05) is 17.1 Å². The maximum Gasteiger partial charge on any atom is 0.387 e. The lowest BCUT2D eigenvalue weighted by molar-refractivity contribution is -0.133. The summed E-state index contributed by atoms with van der Waals surface area (Å²) in [5.41, 5.74) is 4.43. The lowest BCUT2D eigenvalue weighted by Crippen LogP contribution is -2.08. The Morgan fingerprint density at radius 3 is 2.31 bits per heavy atom. The lowest BCUT2D eigenvalue weighted by Gasteiger charge is -2.14. The van der Waals surface area contributed by atoms with Gasteiger partial charge in [-0.05, 0) is 70.6 Å². The number of methoxy groups -OCH3 is 1. The predicted octanol–water partition coefficient (Wildman–Crippen LogP) is 7.94. The van der Waals surface area contributed by atoms with E-state index >= 15 is 0 Å². The zero-order chi connectivity index (χ0) is 28.1. The molecule has 0 spiro atoms. The standard InChI is InChI=1S/C30H25F4NO4/c1-17(2)22-15-21-8-5-11-35-27(21)23(16-22)19-6-4-7-20(14-19)24(28(36)37-3)12-18-9-10-25(38-29(31)32)26(13-18)39-30(33)34/h4-17,29-30H,1-3H3/b24-12-. The lowest BCUT2D eigenvalue weighted by atomic mass is 9.92. The fraction of sp³-hybridized carbons (Fsp3) is 0.200. The molecular weight excluding hydrogens is 514 g/mol. The molecule has 39 heavy (non-hydrogen) atoms. The molecule has 0 atom stereocenters. The van der Waals surface area contributed by atoms with Gasteiger partial charge in [0.25, 0.3) is 0 Å². The third-order valence-corrected chi connectivity index (χ3v) is 5.99. The Morgan fingerprint density at radius 2 is 1.62 bits per heavy atom. The average Bonchev–Trinajstić information content (AvgIpc) is 2.91. The number of alkyl halides is 4. The van der Waals surface area contributed by atoms with E-state index in [1.54, 1.807) is 24.4 Å². The number of hydrogen-bond acceptors (Lipinski definition) is 5. The Balaban J connectivity index is 1.83. The molecular formula is C30H25F4NO4. The van der Waals surface area contributed by atoms with Crippen LogP contribution in [0.1, 0.15) is 36.5 Å². The molecule has 0 N–H and O–H groups in total. The molecule has 4 aromatic rings. The molecule has 0 saturated heterocycles. The second-order valence-electron chi connectivity index (χ2n) is 8.89. The van der Waals surface area contributed by atoms with E-state index in [0.29, 0.717) is 5.56 Å². The summed E-state index contributed by atoms with van der Waals surface area (Å²) in [6, 6.07) is 18.7. The first kappa shape index (κ1) is 27.6. The summed E-state index contributed by atoms with van der Waals surface area (Å²) in [6.45, 7) is -2.32. The third-order valence-electron chi connectivity index (χ3n) is 5.99. The van der Waals surface area contributed by atoms with Crippen molar-refractivity contribution in [3.63, 3.8) is 0 Å². The van der Waals surface area contributed by atoms with Gasteiger partial charge in [0.1, 0.15) is 0 Å². The molecule has 0 bridgehead atoms. The number of ether oxygens (including phenoxy) is 3. The van der Waals surface area contributed by atoms with Crippen molar-refractivity contribution in [2.45, 2.75) is 33.0 Å². The third kappa shape index (κ3) is 6.54. The molecule has 0 fully saturated rings. The smallest absolute Gasteiger partial charge is 0.387 e. The van der Waals surface area contributed by atoms with Crippen LogP contribution in [0.5, 0.6) is 11.5 Å². The van der Waals surface area contributed by atoms with Gasteiger partial charge < -0.3 is 14.2 Å². The number of aromatic nitrogens is 1. The van der Waals surface area contributed by atoms with Gasteiger partial charge in [-0.25, -0.2) is 4.79 Å². The molecule has 0 aliphatic carbocycles. The first-order chi connectivity index (χ1) is 18.7. The molecule has 1 aromatic heterocycles. The molecule has 9 heteroatoms. The van der Waals surface area contributed by atoms with Gasteiger partial charge in [-0.15, -0.1) is 0 Å². The molecule has 0 aliphatic rings. The molecule has 0 radical (unpaired) electrons. The summed E-state index contributed by atoms with van der Waals surface area (Å²) in [5, 5.41) is 0.977. The van der Waals surface area contributed by atoms with Crippen LogP contribution in [0.4, 0.5) is 17.6 Å². The summed E-state index contributed by atoms with van der Waals surface area (Å²) in [6.07, 6.45) is 3.11. The highest BCUT2D eigenvalue weighted by atomic mass is 19.3. The van der Waals surface area contributed by atoms with Crippen molar-refractivity contribution < 1.29 is 36.6 Å². The van der Waals surface area contributed by atoms with E-state index < -0.39 is 30.7 Å². The van der Waals surface area contributed by atoms with Crippen LogP contribution in [-0.2, 0) is 9.53 Å². The first-order valence-electron chi connectivity index (χ1n) is 12.0. The highest BCUT2D eigenvalue weighted by Crippen LogP contribution is 2.35. The van der Waals surface area contributed by atoms with Crippen LogP contribution < -0.4 is 9.47 Å². The fourth-order valence-electron chi connectivity index (χ4n) is 4.16. The number of hydrogen-bond donors (Lipinski definition) is 0. The first-order valence-corrected chi connectivity index (χ1v) is 12.0. The molecule has 0 amide bonds. The Morgan fingerprint density at radius 1 is 0.872 bits per heavy atom. The van der Waals surface area contributed by atoms with E-state index in [2.05, 4.69) is 40.4 Å². The van der Waals surface area contributed by atoms with E-state index in [-0.39, 0.29) is 17.1 Å². The van der Waals surface area contributed by atoms with Crippen LogP contribution in [-0.4, -0.2) is 31.3 Å². The van der Waals surface area contributed by atoms with Gasteiger partial charge in [0.2, 0.25) is 0 Å². The zero-order valence-electron chi connectivity index (χ0n) is 21.3. The van der Waals surface area contributed by atoms with Crippen molar-refractivity contribution in [3.05, 3.63) is 89.6 Å². The van der Waals surface area contributed by atoms with Crippen LogP contribution >= 0.6 is 0 Å². The maximum absolute atomic E-state index is 12.9. The summed E-state index contributed by atoms with van der Waals surface area (Å²) < 4.78 is 64.9. The number of fused-ring (bicyclic) bond motifs is 1. The second-order valence-corrected chi connectivity index (χ2v) is 8.89. The number of carbonyl (C=O) groups is 1. The van der Waals surface area contributed by atoms with E-state index in [4.69, 9.17) is 4.74 Å². The van der Waals surface area contributed by atoms with E-state index in [9.17, 15) is 22.4 Å².